The molecule has 0 radical (unpaired) electrons. The molecule has 1 aromatic carbocycles. The second-order valence-corrected chi connectivity index (χ2v) is 7.10. The van der Waals surface area contributed by atoms with Crippen LogP contribution < -0.4 is 10.6 Å². The Balaban J connectivity index is 1.58. The molecular formula is C15H21BrN2OS. The second-order valence-electron chi connectivity index (χ2n) is 5.02. The lowest BCUT2D eigenvalue weighted by molar-refractivity contribution is -0.121. The molecule has 5 heteroatoms. The van der Waals surface area contributed by atoms with Crippen LogP contribution in [-0.2, 0) is 4.79 Å². The number of carbonyl (C=O) groups excluding carboxylic acids is 1. The molecular weight excluding hydrogens is 336 g/mol. The molecule has 1 aliphatic heterocycles. The molecule has 0 spiro atoms. The van der Waals surface area contributed by atoms with Gasteiger partial charge < -0.3 is 10.6 Å². The third kappa shape index (κ3) is 5.85. The molecule has 2 rings (SSSR count). The average Bonchev–Trinajstić information content (AvgIpc) is 2.46. The van der Waals surface area contributed by atoms with Crippen LogP contribution in [0.15, 0.2) is 33.6 Å². The zero-order valence-electron chi connectivity index (χ0n) is 11.5. The normalized spacial score (nSPS) is 18.8. The summed E-state index contributed by atoms with van der Waals surface area (Å²) in [4.78, 5) is 13.1. The van der Waals surface area contributed by atoms with E-state index >= 15 is 0 Å². The maximum Gasteiger partial charge on any atom is 0.220 e. The van der Waals surface area contributed by atoms with E-state index in [-0.39, 0.29) is 5.91 Å². The molecule has 0 aliphatic carbocycles. The molecule has 3 nitrogen and oxygen atoms in total. The maximum atomic E-state index is 11.8. The Hall–Kier alpha value is -0.520. The van der Waals surface area contributed by atoms with Crippen LogP contribution in [0.3, 0.4) is 0 Å². The largest absolute Gasteiger partial charge is 0.352 e. The highest BCUT2D eigenvalue weighted by atomic mass is 79.9. The summed E-state index contributed by atoms with van der Waals surface area (Å²) in [5, 5.41) is 6.42. The fraction of sp³-hybridized carbons (Fsp3) is 0.533. The van der Waals surface area contributed by atoms with Crippen molar-refractivity contribution in [3.8, 4) is 0 Å². The van der Waals surface area contributed by atoms with Crippen LogP contribution in [0.4, 0.5) is 0 Å². The first-order valence-corrected chi connectivity index (χ1v) is 8.90. The number of benzene rings is 1. The van der Waals surface area contributed by atoms with Crippen molar-refractivity contribution in [3.63, 3.8) is 0 Å². The Morgan fingerprint density at radius 3 is 2.90 bits per heavy atom. The first kappa shape index (κ1) is 15.9. The minimum atomic E-state index is 0.190. The van der Waals surface area contributed by atoms with E-state index < -0.39 is 0 Å². The Labute approximate surface area is 133 Å². The van der Waals surface area contributed by atoms with E-state index in [1.807, 2.05) is 12.1 Å². The van der Waals surface area contributed by atoms with E-state index in [2.05, 4.69) is 38.7 Å². The molecule has 1 heterocycles. The van der Waals surface area contributed by atoms with Crippen LogP contribution in [0.25, 0.3) is 0 Å². The van der Waals surface area contributed by atoms with Gasteiger partial charge in [0.15, 0.2) is 0 Å². The molecule has 0 saturated carbocycles. The number of carbonyl (C=O) groups is 1. The summed E-state index contributed by atoms with van der Waals surface area (Å²) < 4.78 is 1.10. The van der Waals surface area contributed by atoms with Gasteiger partial charge in [-0.1, -0.05) is 15.9 Å². The number of thioether (sulfide) groups is 1. The summed E-state index contributed by atoms with van der Waals surface area (Å²) in [6.07, 6.45) is 3.81. The molecule has 2 N–H and O–H groups in total. The van der Waals surface area contributed by atoms with Crippen molar-refractivity contribution in [3.05, 3.63) is 28.7 Å². The summed E-state index contributed by atoms with van der Waals surface area (Å²) in [5.74, 6) is 1.17. The van der Waals surface area contributed by atoms with E-state index in [0.717, 1.165) is 42.6 Å². The smallest absolute Gasteiger partial charge is 0.220 e. The van der Waals surface area contributed by atoms with Gasteiger partial charge in [-0.05, 0) is 55.8 Å². The molecule has 0 aromatic heterocycles. The standard InChI is InChI=1S/C15H21BrN2OS/c16-12-5-7-14(8-6-12)20-10-2-4-15(19)18-13-3-1-9-17-11-13/h5-8,13,17H,1-4,9-11H2,(H,18,19). The highest BCUT2D eigenvalue weighted by Crippen LogP contribution is 2.21. The molecule has 1 saturated heterocycles. The Kier molecular flexibility index (Phi) is 6.90. The van der Waals surface area contributed by atoms with Gasteiger partial charge in [0, 0.05) is 28.4 Å². The molecule has 1 fully saturated rings. The predicted molar refractivity (Wildman–Crippen MR) is 88.1 cm³/mol. The van der Waals surface area contributed by atoms with Crippen molar-refractivity contribution in [1.82, 2.24) is 10.6 Å². The summed E-state index contributed by atoms with van der Waals surface area (Å²) in [5.41, 5.74) is 0. The fourth-order valence-electron chi connectivity index (χ4n) is 2.23. The topological polar surface area (TPSA) is 41.1 Å². The van der Waals surface area contributed by atoms with Crippen molar-refractivity contribution in [2.75, 3.05) is 18.8 Å². The van der Waals surface area contributed by atoms with Crippen LogP contribution >= 0.6 is 27.7 Å². The highest BCUT2D eigenvalue weighted by molar-refractivity contribution is 9.10. The summed E-state index contributed by atoms with van der Waals surface area (Å²) in [7, 11) is 0. The number of piperidine rings is 1. The predicted octanol–water partition coefficient (Wildman–Crippen LogP) is 3.19. The molecule has 0 bridgehead atoms. The Morgan fingerprint density at radius 2 is 2.20 bits per heavy atom. The zero-order valence-corrected chi connectivity index (χ0v) is 13.9. The number of halogens is 1. The van der Waals surface area contributed by atoms with Crippen molar-refractivity contribution in [2.45, 2.75) is 36.6 Å². The van der Waals surface area contributed by atoms with Gasteiger partial charge >= 0.3 is 0 Å². The fourth-order valence-corrected chi connectivity index (χ4v) is 3.35. The van der Waals surface area contributed by atoms with Crippen LogP contribution in [0.2, 0.25) is 0 Å². The number of hydrogen-bond acceptors (Lipinski definition) is 3. The molecule has 1 unspecified atom stereocenters. The molecule has 1 aliphatic rings. The minimum absolute atomic E-state index is 0.190. The SMILES string of the molecule is O=C(CCCSc1ccc(Br)cc1)NC1CCCNC1. The first-order valence-electron chi connectivity index (χ1n) is 7.12. The van der Waals surface area contributed by atoms with Crippen LogP contribution in [0.1, 0.15) is 25.7 Å². The Morgan fingerprint density at radius 1 is 1.40 bits per heavy atom. The van der Waals surface area contributed by atoms with Crippen molar-refractivity contribution < 1.29 is 4.79 Å². The molecule has 1 aromatic rings. The average molecular weight is 357 g/mol. The van der Waals surface area contributed by atoms with Crippen LogP contribution in [-0.4, -0.2) is 30.8 Å². The zero-order chi connectivity index (χ0) is 14.2. The van der Waals surface area contributed by atoms with Gasteiger partial charge in [0.05, 0.1) is 0 Å². The van der Waals surface area contributed by atoms with Gasteiger partial charge in [0.2, 0.25) is 5.91 Å². The first-order chi connectivity index (χ1) is 9.74. The van der Waals surface area contributed by atoms with E-state index in [0.29, 0.717) is 12.5 Å². The maximum absolute atomic E-state index is 11.8. The van der Waals surface area contributed by atoms with Gasteiger partial charge in [-0.3, -0.25) is 4.79 Å². The summed E-state index contributed by atoms with van der Waals surface area (Å²) in [6.45, 7) is 2.00. The number of hydrogen-bond donors (Lipinski definition) is 2. The molecule has 110 valence electrons. The van der Waals surface area contributed by atoms with Crippen LogP contribution in [0.5, 0.6) is 0 Å². The third-order valence-electron chi connectivity index (χ3n) is 3.29. The number of amides is 1. The van der Waals surface area contributed by atoms with E-state index in [9.17, 15) is 4.79 Å². The van der Waals surface area contributed by atoms with E-state index in [1.54, 1.807) is 11.8 Å². The number of nitrogens with one attached hydrogen (secondary N) is 2. The monoisotopic (exact) mass is 356 g/mol. The quantitative estimate of drug-likeness (QED) is 0.607. The van der Waals surface area contributed by atoms with E-state index in [4.69, 9.17) is 0 Å². The summed E-state index contributed by atoms with van der Waals surface area (Å²) in [6, 6.07) is 8.62. The molecule has 20 heavy (non-hydrogen) atoms. The van der Waals surface area contributed by atoms with Gasteiger partial charge in [0.25, 0.3) is 0 Å². The molecule has 1 atom stereocenters. The third-order valence-corrected chi connectivity index (χ3v) is 4.92. The Bertz CT molecular complexity index is 418. The van der Waals surface area contributed by atoms with Crippen molar-refractivity contribution in [2.24, 2.45) is 0 Å². The lowest BCUT2D eigenvalue weighted by Gasteiger charge is -2.23. The minimum Gasteiger partial charge on any atom is -0.352 e. The van der Waals surface area contributed by atoms with Gasteiger partial charge in [-0.25, -0.2) is 0 Å². The number of rotatable bonds is 6. The lowest BCUT2D eigenvalue weighted by atomic mass is 10.1. The molecule has 1 amide bonds. The van der Waals surface area contributed by atoms with E-state index in [1.165, 1.54) is 4.90 Å². The van der Waals surface area contributed by atoms with Gasteiger partial charge in [0.1, 0.15) is 0 Å². The van der Waals surface area contributed by atoms with Crippen LogP contribution in [0, 0.1) is 0 Å². The lowest BCUT2D eigenvalue weighted by Crippen LogP contribution is -2.45. The highest BCUT2D eigenvalue weighted by Gasteiger charge is 2.14. The van der Waals surface area contributed by atoms with Crippen molar-refractivity contribution in [1.29, 1.82) is 0 Å². The van der Waals surface area contributed by atoms with Gasteiger partial charge in [-0.2, -0.15) is 0 Å². The second kappa shape index (κ2) is 8.70. The van der Waals surface area contributed by atoms with Gasteiger partial charge in [-0.15, -0.1) is 11.8 Å². The summed E-state index contributed by atoms with van der Waals surface area (Å²) >= 11 is 5.23. The van der Waals surface area contributed by atoms with Crippen molar-refractivity contribution >= 4 is 33.6 Å².